The average molecular weight is 381 g/mol. The van der Waals surface area contributed by atoms with Crippen molar-refractivity contribution in [3.8, 4) is 17.2 Å². The number of methoxy groups -OCH3 is 1. The summed E-state index contributed by atoms with van der Waals surface area (Å²) in [6.07, 6.45) is 3.40. The molecular formula is C20H19N3O5. The molecule has 1 atom stereocenters. The quantitative estimate of drug-likeness (QED) is 0.708. The first-order valence-corrected chi connectivity index (χ1v) is 8.84. The summed E-state index contributed by atoms with van der Waals surface area (Å²) in [6.45, 7) is 0.829. The molecule has 0 radical (unpaired) electrons. The summed E-state index contributed by atoms with van der Waals surface area (Å²) in [5.41, 5.74) is 0.548. The molecule has 1 aromatic carbocycles. The van der Waals surface area contributed by atoms with Gasteiger partial charge in [0.1, 0.15) is 17.1 Å². The minimum Gasteiger partial charge on any atom is -0.504 e. The van der Waals surface area contributed by atoms with E-state index in [-0.39, 0.29) is 22.9 Å². The van der Waals surface area contributed by atoms with E-state index in [0.29, 0.717) is 13.2 Å². The van der Waals surface area contributed by atoms with Crippen LogP contribution < -0.4 is 20.3 Å². The van der Waals surface area contributed by atoms with Gasteiger partial charge in [-0.3, -0.25) is 14.0 Å². The summed E-state index contributed by atoms with van der Waals surface area (Å²) in [6, 6.07) is 8.62. The second-order valence-electron chi connectivity index (χ2n) is 6.63. The lowest BCUT2D eigenvalue weighted by Gasteiger charge is -2.25. The van der Waals surface area contributed by atoms with Crippen LogP contribution in [0, 0.1) is 5.92 Å². The van der Waals surface area contributed by atoms with Gasteiger partial charge in [0.15, 0.2) is 11.4 Å². The average Bonchev–Trinajstić information content (AvgIpc) is 2.72. The zero-order valence-electron chi connectivity index (χ0n) is 15.2. The number of fused-ring (bicyclic) bond motifs is 2. The highest BCUT2D eigenvalue weighted by atomic mass is 16.5. The number of carbonyl (C=O) groups is 1. The number of rotatable bonds is 4. The Kier molecular flexibility index (Phi) is 4.60. The van der Waals surface area contributed by atoms with Gasteiger partial charge in [-0.1, -0.05) is 6.07 Å². The maximum absolute atomic E-state index is 12.5. The Morgan fingerprint density at radius 2 is 2.29 bits per heavy atom. The highest BCUT2D eigenvalue weighted by Gasteiger charge is 2.22. The fourth-order valence-corrected chi connectivity index (χ4v) is 3.25. The Morgan fingerprint density at radius 1 is 1.43 bits per heavy atom. The van der Waals surface area contributed by atoms with Gasteiger partial charge in [-0.25, -0.2) is 4.98 Å². The topological polar surface area (TPSA) is 102 Å². The summed E-state index contributed by atoms with van der Waals surface area (Å²) in [5, 5.41) is 12.5. The molecule has 1 amide bonds. The molecule has 28 heavy (non-hydrogen) atoms. The zero-order chi connectivity index (χ0) is 19.7. The van der Waals surface area contributed by atoms with Crippen molar-refractivity contribution in [1.29, 1.82) is 0 Å². The van der Waals surface area contributed by atoms with E-state index < -0.39 is 11.5 Å². The Hall–Kier alpha value is -3.55. The van der Waals surface area contributed by atoms with Crippen LogP contribution in [-0.2, 0) is 6.42 Å². The maximum atomic E-state index is 12.5. The van der Waals surface area contributed by atoms with Gasteiger partial charge in [-0.05, 0) is 30.2 Å². The minimum absolute atomic E-state index is 0.0787. The third kappa shape index (κ3) is 3.24. The van der Waals surface area contributed by atoms with Gasteiger partial charge in [0.25, 0.3) is 11.5 Å². The van der Waals surface area contributed by atoms with Gasteiger partial charge in [0, 0.05) is 30.9 Å². The summed E-state index contributed by atoms with van der Waals surface area (Å²) < 4.78 is 12.1. The maximum Gasteiger partial charge on any atom is 0.270 e. The third-order valence-corrected chi connectivity index (χ3v) is 4.77. The summed E-state index contributed by atoms with van der Waals surface area (Å²) in [5.74, 6) is 0.988. The molecule has 0 fully saturated rings. The van der Waals surface area contributed by atoms with Crippen LogP contribution in [0.15, 0.2) is 47.5 Å². The minimum atomic E-state index is -0.532. The number of pyridine rings is 1. The first-order chi connectivity index (χ1) is 13.6. The normalized spacial score (nSPS) is 15.5. The fraction of sp³-hybridized carbons (Fsp3) is 0.250. The predicted octanol–water partition coefficient (Wildman–Crippen LogP) is 1.39. The molecule has 0 bridgehead atoms. The van der Waals surface area contributed by atoms with Gasteiger partial charge in [-0.2, -0.15) is 0 Å². The molecular weight excluding hydrogens is 362 g/mol. The Labute approximate surface area is 160 Å². The number of amides is 1. The first-order valence-electron chi connectivity index (χ1n) is 8.84. The number of nitrogens with zero attached hydrogens (tertiary/aromatic N) is 2. The number of benzene rings is 1. The van der Waals surface area contributed by atoms with E-state index >= 15 is 0 Å². The molecule has 0 aliphatic carbocycles. The van der Waals surface area contributed by atoms with Gasteiger partial charge in [0.2, 0.25) is 0 Å². The second kappa shape index (κ2) is 7.22. The molecule has 1 aliphatic heterocycles. The largest absolute Gasteiger partial charge is 0.504 e. The first kappa shape index (κ1) is 17.8. The smallest absolute Gasteiger partial charge is 0.270 e. The van der Waals surface area contributed by atoms with Crippen LogP contribution in [0.4, 0.5) is 0 Å². The van der Waals surface area contributed by atoms with Crippen LogP contribution in [-0.4, -0.2) is 40.7 Å². The highest BCUT2D eigenvalue weighted by molar-refractivity contribution is 5.93. The van der Waals surface area contributed by atoms with Crippen LogP contribution in [0.2, 0.25) is 0 Å². The standard InChI is InChI=1S/C20H19N3O5/c1-27-14-5-4-13-7-12(11-28-17(13)8-14)9-22-19(25)15-10-21-18-16(24)3-2-6-23(18)20(15)26/h2-6,8,10,12,24H,7,9,11H2,1H3,(H,22,25)/t12-/m0/s1. The lowest BCUT2D eigenvalue weighted by atomic mass is 9.96. The van der Waals surface area contributed by atoms with Gasteiger partial charge in [-0.15, -0.1) is 0 Å². The lowest BCUT2D eigenvalue weighted by Crippen LogP contribution is -2.37. The monoisotopic (exact) mass is 381 g/mol. The molecule has 0 saturated heterocycles. The van der Waals surface area contributed by atoms with Crippen LogP contribution in [0.25, 0.3) is 5.65 Å². The van der Waals surface area contributed by atoms with Crippen molar-refractivity contribution in [1.82, 2.24) is 14.7 Å². The van der Waals surface area contributed by atoms with E-state index in [4.69, 9.17) is 9.47 Å². The molecule has 1 aliphatic rings. The van der Waals surface area contributed by atoms with Crippen molar-refractivity contribution in [2.24, 2.45) is 5.92 Å². The highest BCUT2D eigenvalue weighted by Crippen LogP contribution is 2.30. The number of aromatic nitrogens is 2. The van der Waals surface area contributed by atoms with Crippen molar-refractivity contribution in [2.45, 2.75) is 6.42 Å². The van der Waals surface area contributed by atoms with Crippen LogP contribution >= 0.6 is 0 Å². The van der Waals surface area contributed by atoms with Crippen LogP contribution in [0.3, 0.4) is 0 Å². The van der Waals surface area contributed by atoms with E-state index in [2.05, 4.69) is 10.3 Å². The number of hydrogen-bond acceptors (Lipinski definition) is 6. The number of hydrogen-bond donors (Lipinski definition) is 2. The van der Waals surface area contributed by atoms with E-state index in [0.717, 1.165) is 27.9 Å². The molecule has 144 valence electrons. The van der Waals surface area contributed by atoms with Gasteiger partial charge >= 0.3 is 0 Å². The van der Waals surface area contributed by atoms with E-state index in [1.165, 1.54) is 24.5 Å². The molecule has 8 heteroatoms. The number of nitrogens with one attached hydrogen (secondary N) is 1. The van der Waals surface area contributed by atoms with E-state index in [1.54, 1.807) is 7.11 Å². The predicted molar refractivity (Wildman–Crippen MR) is 101 cm³/mol. The number of ether oxygens (including phenoxy) is 2. The van der Waals surface area contributed by atoms with E-state index in [9.17, 15) is 14.7 Å². The molecule has 2 N–H and O–H groups in total. The molecule has 0 unspecified atom stereocenters. The molecule has 8 nitrogen and oxygen atoms in total. The number of aromatic hydroxyl groups is 1. The molecule has 4 rings (SSSR count). The third-order valence-electron chi connectivity index (χ3n) is 4.77. The van der Waals surface area contributed by atoms with Crippen molar-refractivity contribution in [3.05, 3.63) is 64.2 Å². The molecule has 0 spiro atoms. The van der Waals surface area contributed by atoms with Gasteiger partial charge in [0.05, 0.1) is 13.7 Å². The van der Waals surface area contributed by atoms with Gasteiger partial charge < -0.3 is 19.9 Å². The molecule has 0 saturated carbocycles. The summed E-state index contributed by atoms with van der Waals surface area (Å²) in [4.78, 5) is 29.0. The van der Waals surface area contributed by atoms with Crippen LogP contribution in [0.1, 0.15) is 15.9 Å². The Morgan fingerprint density at radius 3 is 3.11 bits per heavy atom. The Balaban J connectivity index is 1.46. The zero-order valence-corrected chi connectivity index (χ0v) is 15.2. The lowest BCUT2D eigenvalue weighted by molar-refractivity contribution is 0.0937. The molecule has 3 heterocycles. The SMILES string of the molecule is COc1ccc2c(c1)OC[C@H](CNC(=O)c1cnc3c(O)cccn3c1=O)C2. The fourth-order valence-electron chi connectivity index (χ4n) is 3.25. The summed E-state index contributed by atoms with van der Waals surface area (Å²) in [7, 11) is 1.61. The molecule has 2 aromatic heterocycles. The number of carbonyl (C=O) groups excluding carboxylic acids is 1. The summed E-state index contributed by atoms with van der Waals surface area (Å²) >= 11 is 0. The van der Waals surface area contributed by atoms with Crippen molar-refractivity contribution in [3.63, 3.8) is 0 Å². The van der Waals surface area contributed by atoms with E-state index in [1.807, 2.05) is 18.2 Å². The second-order valence-corrected chi connectivity index (χ2v) is 6.63. The molecule has 3 aromatic rings. The Bertz CT molecular complexity index is 1110. The van der Waals surface area contributed by atoms with Crippen molar-refractivity contribution in [2.75, 3.05) is 20.3 Å². The van der Waals surface area contributed by atoms with Crippen molar-refractivity contribution >= 4 is 11.6 Å². The van der Waals surface area contributed by atoms with Crippen LogP contribution in [0.5, 0.6) is 17.2 Å². The van der Waals surface area contributed by atoms with Crippen molar-refractivity contribution < 1.29 is 19.4 Å².